The lowest BCUT2D eigenvalue weighted by Gasteiger charge is -2.21. The Labute approximate surface area is 86.3 Å². The molecule has 0 heterocycles. The molecule has 3 N–H and O–H groups in total. The number of nitrogens with two attached hydrogens (primary N) is 1. The van der Waals surface area contributed by atoms with Gasteiger partial charge in [-0.2, -0.15) is 11.8 Å². The van der Waals surface area contributed by atoms with Crippen LogP contribution in [-0.2, 0) is 0 Å². The molecule has 0 amide bonds. The number of hydrogen-bond donors (Lipinski definition) is 2. The molecule has 0 aromatic rings. The van der Waals surface area contributed by atoms with E-state index in [4.69, 9.17) is 10.8 Å². The summed E-state index contributed by atoms with van der Waals surface area (Å²) in [5, 5.41) is 8.91. The molecule has 0 fully saturated rings. The van der Waals surface area contributed by atoms with E-state index in [1.807, 2.05) is 18.7 Å². The van der Waals surface area contributed by atoms with Crippen LogP contribution in [0.25, 0.3) is 0 Å². The van der Waals surface area contributed by atoms with Gasteiger partial charge in [0.1, 0.15) is 0 Å². The molecule has 0 bridgehead atoms. The van der Waals surface area contributed by atoms with E-state index in [1.165, 1.54) is 12.2 Å². The third kappa shape index (κ3) is 7.35. The lowest BCUT2D eigenvalue weighted by Crippen LogP contribution is -2.40. The molecular weight excluding hydrogens is 182 g/mol. The lowest BCUT2D eigenvalue weighted by atomic mass is 10.0. The van der Waals surface area contributed by atoms with E-state index >= 15 is 0 Å². The molecule has 0 aliphatic rings. The maximum Gasteiger partial charge on any atom is 0.0608 e. The summed E-state index contributed by atoms with van der Waals surface area (Å²) in [7, 11) is 0. The Bertz CT molecular complexity index is 128. The summed E-state index contributed by atoms with van der Waals surface area (Å²) in [6, 6.07) is 0. The summed E-state index contributed by atoms with van der Waals surface area (Å²) in [4.78, 5) is 0. The molecular formula is C10H23NOS. The molecule has 80 valence electrons. The summed E-state index contributed by atoms with van der Waals surface area (Å²) in [6.07, 6.45) is 2.14. The summed E-state index contributed by atoms with van der Waals surface area (Å²) < 4.78 is 0. The van der Waals surface area contributed by atoms with Crippen molar-refractivity contribution < 1.29 is 5.11 Å². The second-order valence-electron chi connectivity index (χ2n) is 4.15. The van der Waals surface area contributed by atoms with Gasteiger partial charge >= 0.3 is 0 Å². The molecule has 2 atom stereocenters. The zero-order valence-electron chi connectivity index (χ0n) is 9.05. The molecule has 3 heteroatoms. The highest BCUT2D eigenvalue weighted by molar-refractivity contribution is 7.99. The van der Waals surface area contributed by atoms with E-state index in [9.17, 15) is 0 Å². The Kier molecular flexibility index (Phi) is 6.82. The molecule has 0 spiro atoms. The summed E-state index contributed by atoms with van der Waals surface area (Å²) in [5.74, 6) is 3.05. The third-order valence-electron chi connectivity index (χ3n) is 2.28. The molecule has 0 aromatic carbocycles. The van der Waals surface area contributed by atoms with Crippen molar-refractivity contribution in [3.63, 3.8) is 0 Å². The van der Waals surface area contributed by atoms with Crippen molar-refractivity contribution in [2.45, 2.75) is 39.2 Å². The summed E-state index contributed by atoms with van der Waals surface area (Å²) >= 11 is 1.94. The van der Waals surface area contributed by atoms with Crippen molar-refractivity contribution in [3.05, 3.63) is 0 Å². The van der Waals surface area contributed by atoms with Gasteiger partial charge in [0.2, 0.25) is 0 Å². The Morgan fingerprint density at radius 2 is 2.15 bits per heavy atom. The average molecular weight is 205 g/mol. The van der Waals surface area contributed by atoms with Gasteiger partial charge in [-0.1, -0.05) is 20.3 Å². The van der Waals surface area contributed by atoms with Crippen LogP contribution in [0.5, 0.6) is 0 Å². The minimum Gasteiger partial charge on any atom is -0.394 e. The van der Waals surface area contributed by atoms with Gasteiger partial charge in [-0.25, -0.2) is 0 Å². The fourth-order valence-electron chi connectivity index (χ4n) is 0.787. The first-order chi connectivity index (χ1) is 6.02. The maximum absolute atomic E-state index is 8.91. The molecule has 13 heavy (non-hydrogen) atoms. The van der Waals surface area contributed by atoms with Gasteiger partial charge in [-0.05, 0) is 30.8 Å². The SMILES string of the molecule is CCC(C)CSCCC(C)(N)CO. The normalized spacial score (nSPS) is 18.2. The number of aliphatic hydroxyl groups is 1. The monoisotopic (exact) mass is 205 g/mol. The highest BCUT2D eigenvalue weighted by atomic mass is 32.2. The molecule has 0 aromatic heterocycles. The lowest BCUT2D eigenvalue weighted by molar-refractivity contribution is 0.206. The Hall–Kier alpha value is 0.270. The van der Waals surface area contributed by atoms with Crippen LogP contribution in [0.4, 0.5) is 0 Å². The van der Waals surface area contributed by atoms with Crippen LogP contribution in [0.1, 0.15) is 33.6 Å². The Balaban J connectivity index is 3.35. The Morgan fingerprint density at radius 3 is 2.62 bits per heavy atom. The van der Waals surface area contributed by atoms with Crippen LogP contribution in [0.3, 0.4) is 0 Å². The molecule has 2 nitrogen and oxygen atoms in total. The largest absolute Gasteiger partial charge is 0.394 e. The number of thioether (sulfide) groups is 1. The van der Waals surface area contributed by atoms with Crippen LogP contribution in [0.2, 0.25) is 0 Å². The van der Waals surface area contributed by atoms with Crippen molar-refractivity contribution in [3.8, 4) is 0 Å². The first-order valence-corrected chi connectivity index (χ1v) is 6.15. The van der Waals surface area contributed by atoms with E-state index in [0.717, 1.165) is 18.1 Å². The van der Waals surface area contributed by atoms with Crippen LogP contribution < -0.4 is 5.73 Å². The van der Waals surface area contributed by atoms with Crippen molar-refractivity contribution in [2.24, 2.45) is 11.7 Å². The van der Waals surface area contributed by atoms with E-state index in [2.05, 4.69) is 13.8 Å². The molecule has 0 radical (unpaired) electrons. The highest BCUT2D eigenvalue weighted by Crippen LogP contribution is 2.15. The molecule has 0 saturated carbocycles. The highest BCUT2D eigenvalue weighted by Gasteiger charge is 2.16. The van der Waals surface area contributed by atoms with Gasteiger partial charge in [0.15, 0.2) is 0 Å². The molecule has 0 aliphatic carbocycles. The minimum absolute atomic E-state index is 0.0802. The standard InChI is InChI=1S/C10H23NOS/c1-4-9(2)7-13-6-5-10(3,11)8-12/h9,12H,4-8,11H2,1-3H3. The first kappa shape index (κ1) is 13.3. The summed E-state index contributed by atoms with van der Waals surface area (Å²) in [6.45, 7) is 6.46. The van der Waals surface area contributed by atoms with Gasteiger partial charge in [-0.15, -0.1) is 0 Å². The fourth-order valence-corrected chi connectivity index (χ4v) is 2.20. The molecule has 2 unspecified atom stereocenters. The number of aliphatic hydroxyl groups excluding tert-OH is 1. The third-order valence-corrected chi connectivity index (χ3v) is 3.58. The quantitative estimate of drug-likeness (QED) is 0.624. The zero-order valence-corrected chi connectivity index (χ0v) is 9.86. The molecule has 0 saturated heterocycles. The van der Waals surface area contributed by atoms with Crippen LogP contribution >= 0.6 is 11.8 Å². The van der Waals surface area contributed by atoms with E-state index in [-0.39, 0.29) is 12.1 Å². The van der Waals surface area contributed by atoms with Gasteiger partial charge in [-0.3, -0.25) is 0 Å². The van der Waals surface area contributed by atoms with Gasteiger partial charge in [0, 0.05) is 5.54 Å². The second-order valence-corrected chi connectivity index (χ2v) is 5.30. The fraction of sp³-hybridized carbons (Fsp3) is 1.00. The zero-order chi connectivity index (χ0) is 10.3. The maximum atomic E-state index is 8.91. The predicted molar refractivity (Wildman–Crippen MR) is 61.1 cm³/mol. The van der Waals surface area contributed by atoms with E-state index < -0.39 is 0 Å². The average Bonchev–Trinajstić information content (AvgIpc) is 2.12. The van der Waals surface area contributed by atoms with Gasteiger partial charge in [0.05, 0.1) is 6.61 Å². The molecule has 0 rings (SSSR count). The van der Waals surface area contributed by atoms with Crippen molar-refractivity contribution >= 4 is 11.8 Å². The predicted octanol–water partition coefficient (Wildman–Crippen LogP) is 1.87. The second kappa shape index (κ2) is 6.68. The summed E-state index contributed by atoms with van der Waals surface area (Å²) in [5.41, 5.74) is 5.42. The topological polar surface area (TPSA) is 46.2 Å². The van der Waals surface area contributed by atoms with Crippen molar-refractivity contribution in [1.29, 1.82) is 0 Å². The smallest absolute Gasteiger partial charge is 0.0608 e. The van der Waals surface area contributed by atoms with Crippen LogP contribution in [0, 0.1) is 5.92 Å². The van der Waals surface area contributed by atoms with Crippen LogP contribution in [-0.4, -0.2) is 28.8 Å². The Morgan fingerprint density at radius 1 is 1.54 bits per heavy atom. The van der Waals surface area contributed by atoms with E-state index in [1.54, 1.807) is 0 Å². The van der Waals surface area contributed by atoms with Crippen molar-refractivity contribution in [2.75, 3.05) is 18.1 Å². The molecule has 0 aliphatic heterocycles. The van der Waals surface area contributed by atoms with Gasteiger partial charge in [0.25, 0.3) is 0 Å². The van der Waals surface area contributed by atoms with Crippen molar-refractivity contribution in [1.82, 2.24) is 0 Å². The van der Waals surface area contributed by atoms with E-state index in [0.29, 0.717) is 0 Å². The minimum atomic E-state index is -0.386. The first-order valence-electron chi connectivity index (χ1n) is 4.99. The van der Waals surface area contributed by atoms with Gasteiger partial charge < -0.3 is 10.8 Å². The number of hydrogen-bond acceptors (Lipinski definition) is 3. The number of rotatable bonds is 7. The van der Waals surface area contributed by atoms with Crippen LogP contribution in [0.15, 0.2) is 0 Å².